The average Bonchev–Trinajstić information content (AvgIpc) is 2.63. The summed E-state index contributed by atoms with van der Waals surface area (Å²) in [6.45, 7) is 4.67. The molecule has 0 aliphatic carbocycles. The largest absolute Gasteiger partial charge is 0.394 e. The molecule has 1 aromatic rings. The van der Waals surface area contributed by atoms with Crippen molar-refractivity contribution in [1.29, 1.82) is 5.26 Å². The summed E-state index contributed by atoms with van der Waals surface area (Å²) in [5.74, 6) is 0. The second kappa shape index (κ2) is 4.56. The van der Waals surface area contributed by atoms with Crippen molar-refractivity contribution in [1.82, 2.24) is 5.32 Å². The van der Waals surface area contributed by atoms with Gasteiger partial charge in [-0.3, -0.25) is 0 Å². The summed E-state index contributed by atoms with van der Waals surface area (Å²) >= 11 is 1.48. The van der Waals surface area contributed by atoms with Crippen molar-refractivity contribution in [2.45, 2.75) is 25.9 Å². The van der Waals surface area contributed by atoms with E-state index in [2.05, 4.69) is 11.4 Å². The highest BCUT2D eigenvalue weighted by Gasteiger charge is 2.15. The van der Waals surface area contributed by atoms with Gasteiger partial charge in [-0.2, -0.15) is 5.26 Å². The van der Waals surface area contributed by atoms with E-state index >= 15 is 0 Å². The zero-order valence-electron chi connectivity index (χ0n) is 8.37. The molecule has 0 aromatic carbocycles. The molecule has 0 fully saturated rings. The van der Waals surface area contributed by atoms with Crippen molar-refractivity contribution in [3.63, 3.8) is 0 Å². The first-order valence-corrected chi connectivity index (χ1v) is 5.24. The molecule has 1 heterocycles. The Hall–Kier alpha value is -0.890. The molecule has 0 spiro atoms. The first kappa shape index (κ1) is 11.2. The van der Waals surface area contributed by atoms with Gasteiger partial charge in [-0.1, -0.05) is 0 Å². The highest BCUT2D eigenvalue weighted by molar-refractivity contribution is 7.12. The first-order valence-electron chi connectivity index (χ1n) is 4.42. The molecule has 4 heteroatoms. The van der Waals surface area contributed by atoms with Crippen LogP contribution in [0.5, 0.6) is 0 Å². The number of nitrogens with zero attached hydrogens (tertiary/aromatic N) is 1. The number of thiophene rings is 1. The molecular weight excluding hydrogens is 196 g/mol. The third-order valence-electron chi connectivity index (χ3n) is 1.91. The van der Waals surface area contributed by atoms with Crippen LogP contribution in [-0.2, 0) is 6.54 Å². The number of nitrogens with one attached hydrogen (secondary N) is 1. The van der Waals surface area contributed by atoms with E-state index in [1.807, 2.05) is 26.0 Å². The maximum absolute atomic E-state index is 9.01. The predicted octanol–water partition coefficient (Wildman–Crippen LogP) is 1.48. The second-order valence-electron chi connectivity index (χ2n) is 3.77. The first-order chi connectivity index (χ1) is 6.57. The SMILES string of the molecule is CC(C)(CO)NCc1ccc(C#N)s1. The summed E-state index contributed by atoms with van der Waals surface area (Å²) < 4.78 is 0. The van der Waals surface area contributed by atoms with Crippen molar-refractivity contribution in [2.24, 2.45) is 0 Å². The number of nitriles is 1. The number of hydrogen-bond donors (Lipinski definition) is 2. The van der Waals surface area contributed by atoms with E-state index in [0.29, 0.717) is 6.54 Å². The highest BCUT2D eigenvalue weighted by Crippen LogP contribution is 2.15. The second-order valence-corrected chi connectivity index (χ2v) is 4.94. The molecule has 0 saturated heterocycles. The fraction of sp³-hybridized carbons (Fsp3) is 0.500. The minimum absolute atomic E-state index is 0.101. The van der Waals surface area contributed by atoms with Crippen molar-refractivity contribution in [3.05, 3.63) is 21.9 Å². The Kier molecular flexibility index (Phi) is 3.64. The van der Waals surface area contributed by atoms with Crippen LogP contribution < -0.4 is 5.32 Å². The molecule has 2 N–H and O–H groups in total. The molecular formula is C10H14N2OS. The molecule has 0 saturated carbocycles. The van der Waals surface area contributed by atoms with E-state index in [4.69, 9.17) is 10.4 Å². The molecule has 0 radical (unpaired) electrons. The minimum Gasteiger partial charge on any atom is -0.394 e. The van der Waals surface area contributed by atoms with Gasteiger partial charge >= 0.3 is 0 Å². The van der Waals surface area contributed by atoms with Crippen LogP contribution in [0.1, 0.15) is 23.6 Å². The van der Waals surface area contributed by atoms with Gasteiger partial charge in [0.2, 0.25) is 0 Å². The Labute approximate surface area is 88.0 Å². The van der Waals surface area contributed by atoms with E-state index in [1.54, 1.807) is 0 Å². The standard InChI is InChI=1S/C10H14N2OS/c1-10(2,7-13)12-6-9-4-3-8(5-11)14-9/h3-4,12-13H,6-7H2,1-2H3. The lowest BCUT2D eigenvalue weighted by molar-refractivity contribution is 0.187. The van der Waals surface area contributed by atoms with Gasteiger partial charge < -0.3 is 10.4 Å². The van der Waals surface area contributed by atoms with E-state index in [-0.39, 0.29) is 12.1 Å². The van der Waals surface area contributed by atoms with E-state index < -0.39 is 0 Å². The third-order valence-corrected chi connectivity index (χ3v) is 2.90. The van der Waals surface area contributed by atoms with Gasteiger partial charge in [-0.15, -0.1) is 11.3 Å². The monoisotopic (exact) mass is 210 g/mol. The smallest absolute Gasteiger partial charge is 0.110 e. The van der Waals surface area contributed by atoms with Crippen LogP contribution in [0.15, 0.2) is 12.1 Å². The Bertz CT molecular complexity index is 338. The number of hydrogen-bond acceptors (Lipinski definition) is 4. The van der Waals surface area contributed by atoms with Gasteiger partial charge in [-0.05, 0) is 26.0 Å². The van der Waals surface area contributed by atoms with Crippen molar-refractivity contribution >= 4 is 11.3 Å². The summed E-state index contributed by atoms with van der Waals surface area (Å²) in [5.41, 5.74) is -0.267. The summed E-state index contributed by atoms with van der Waals surface area (Å²) in [7, 11) is 0. The summed E-state index contributed by atoms with van der Waals surface area (Å²) in [5, 5.41) is 20.9. The Morgan fingerprint density at radius 1 is 1.57 bits per heavy atom. The number of aliphatic hydroxyl groups excluding tert-OH is 1. The molecule has 76 valence electrons. The maximum Gasteiger partial charge on any atom is 0.110 e. The molecule has 14 heavy (non-hydrogen) atoms. The highest BCUT2D eigenvalue weighted by atomic mass is 32.1. The lowest BCUT2D eigenvalue weighted by Gasteiger charge is -2.22. The Morgan fingerprint density at radius 2 is 2.29 bits per heavy atom. The molecule has 0 amide bonds. The lowest BCUT2D eigenvalue weighted by atomic mass is 10.1. The lowest BCUT2D eigenvalue weighted by Crippen LogP contribution is -2.41. The molecule has 3 nitrogen and oxygen atoms in total. The fourth-order valence-electron chi connectivity index (χ4n) is 0.915. The predicted molar refractivity (Wildman–Crippen MR) is 57.0 cm³/mol. The third kappa shape index (κ3) is 3.11. The van der Waals surface area contributed by atoms with Gasteiger partial charge in [-0.25, -0.2) is 0 Å². The van der Waals surface area contributed by atoms with E-state index in [0.717, 1.165) is 9.75 Å². The number of rotatable bonds is 4. The number of aliphatic hydroxyl groups is 1. The Morgan fingerprint density at radius 3 is 2.79 bits per heavy atom. The fourth-order valence-corrected chi connectivity index (χ4v) is 1.66. The normalized spacial score (nSPS) is 11.3. The minimum atomic E-state index is -0.267. The molecule has 1 rings (SSSR count). The van der Waals surface area contributed by atoms with Crippen LogP contribution in [0.4, 0.5) is 0 Å². The average molecular weight is 210 g/mol. The van der Waals surface area contributed by atoms with Crippen molar-refractivity contribution in [3.8, 4) is 6.07 Å². The molecule has 0 unspecified atom stereocenters. The molecule has 0 bridgehead atoms. The van der Waals surface area contributed by atoms with Crippen LogP contribution in [0.3, 0.4) is 0 Å². The Balaban J connectivity index is 2.50. The van der Waals surface area contributed by atoms with Crippen LogP contribution in [0.25, 0.3) is 0 Å². The van der Waals surface area contributed by atoms with Crippen LogP contribution in [0.2, 0.25) is 0 Å². The van der Waals surface area contributed by atoms with E-state index in [1.165, 1.54) is 11.3 Å². The molecule has 0 aliphatic heterocycles. The summed E-state index contributed by atoms with van der Waals surface area (Å²) in [4.78, 5) is 1.84. The van der Waals surface area contributed by atoms with Crippen molar-refractivity contribution in [2.75, 3.05) is 6.61 Å². The summed E-state index contributed by atoms with van der Waals surface area (Å²) in [6, 6.07) is 5.85. The van der Waals surface area contributed by atoms with Crippen LogP contribution in [-0.4, -0.2) is 17.3 Å². The van der Waals surface area contributed by atoms with Crippen LogP contribution >= 0.6 is 11.3 Å². The van der Waals surface area contributed by atoms with Crippen molar-refractivity contribution < 1.29 is 5.11 Å². The molecule has 0 aliphatic rings. The molecule has 1 aromatic heterocycles. The van der Waals surface area contributed by atoms with Gasteiger partial charge in [0.1, 0.15) is 10.9 Å². The quantitative estimate of drug-likeness (QED) is 0.791. The van der Waals surface area contributed by atoms with Gasteiger partial charge in [0.25, 0.3) is 0 Å². The zero-order chi connectivity index (χ0) is 10.6. The zero-order valence-corrected chi connectivity index (χ0v) is 9.19. The summed E-state index contributed by atoms with van der Waals surface area (Å²) in [6.07, 6.45) is 0. The van der Waals surface area contributed by atoms with Crippen LogP contribution in [0, 0.1) is 11.3 Å². The maximum atomic E-state index is 9.01. The van der Waals surface area contributed by atoms with E-state index in [9.17, 15) is 0 Å². The molecule has 0 atom stereocenters. The van der Waals surface area contributed by atoms with Gasteiger partial charge in [0.15, 0.2) is 0 Å². The van der Waals surface area contributed by atoms with Gasteiger partial charge in [0.05, 0.1) is 6.61 Å². The van der Waals surface area contributed by atoms with Gasteiger partial charge in [0, 0.05) is 17.0 Å². The topological polar surface area (TPSA) is 56.0 Å².